The van der Waals surface area contributed by atoms with Crippen LogP contribution in [0.2, 0.25) is 0 Å². The summed E-state index contributed by atoms with van der Waals surface area (Å²) in [6.45, 7) is 4.99. The lowest BCUT2D eigenvalue weighted by atomic mass is 9.90. The van der Waals surface area contributed by atoms with E-state index < -0.39 is 18.0 Å². The number of thiazole rings is 1. The first kappa shape index (κ1) is 29.5. The number of benzene rings is 3. The number of halogens is 2. The third-order valence-corrected chi connectivity index (χ3v) is 8.92. The highest BCUT2D eigenvalue weighted by molar-refractivity contribution is 14.1. The fourth-order valence-corrected chi connectivity index (χ4v) is 7.92. The van der Waals surface area contributed by atoms with Crippen molar-refractivity contribution in [2.45, 2.75) is 26.8 Å². The molecule has 0 radical (unpaired) electrons. The summed E-state index contributed by atoms with van der Waals surface area (Å²) in [7, 11) is 1.56. The average molecular weight is 794 g/mol. The zero-order valence-corrected chi connectivity index (χ0v) is 27.6. The van der Waals surface area contributed by atoms with E-state index in [-0.39, 0.29) is 17.7 Å². The van der Waals surface area contributed by atoms with Gasteiger partial charge in [-0.15, -0.1) is 0 Å². The Morgan fingerprint density at radius 1 is 1.15 bits per heavy atom. The first-order chi connectivity index (χ1) is 19.6. The van der Waals surface area contributed by atoms with Crippen LogP contribution in [-0.2, 0) is 14.3 Å². The van der Waals surface area contributed by atoms with Gasteiger partial charge in [0.15, 0.2) is 10.6 Å². The van der Waals surface area contributed by atoms with Crippen molar-refractivity contribution >= 4 is 85.3 Å². The van der Waals surface area contributed by atoms with Gasteiger partial charge in [0.05, 0.1) is 33.1 Å². The summed E-state index contributed by atoms with van der Waals surface area (Å²) >= 11 is 5.49. The maximum Gasteiger partial charge on any atom is 0.338 e. The Balaban J connectivity index is 1.85. The molecule has 1 aliphatic rings. The largest absolute Gasteiger partial charge is 0.496 e. The van der Waals surface area contributed by atoms with E-state index in [0.717, 1.165) is 17.9 Å². The summed E-state index contributed by atoms with van der Waals surface area (Å²) in [6.07, 6.45) is 1.70. The number of fused-ring (bicyclic) bond motifs is 2. The molecular formula is C30H24I2N2O6S. The average Bonchev–Trinajstić information content (AvgIpc) is 3.23. The molecular weight excluding hydrogens is 770 g/mol. The summed E-state index contributed by atoms with van der Waals surface area (Å²) in [6, 6.07) is 14.4. The van der Waals surface area contributed by atoms with Gasteiger partial charge in [-0.05, 0) is 94.1 Å². The smallest absolute Gasteiger partial charge is 0.338 e. The van der Waals surface area contributed by atoms with Crippen molar-refractivity contribution < 1.29 is 23.8 Å². The number of esters is 2. The predicted octanol–water partition coefficient (Wildman–Crippen LogP) is 5.09. The number of ether oxygens (including phenoxy) is 3. The Morgan fingerprint density at radius 2 is 1.90 bits per heavy atom. The summed E-state index contributed by atoms with van der Waals surface area (Å²) in [4.78, 5) is 44.6. The van der Waals surface area contributed by atoms with Gasteiger partial charge in [0.1, 0.15) is 11.8 Å². The number of hydrogen-bond donors (Lipinski definition) is 0. The Kier molecular flexibility index (Phi) is 8.66. The highest BCUT2D eigenvalue weighted by atomic mass is 127. The van der Waals surface area contributed by atoms with Crippen molar-refractivity contribution in [1.82, 2.24) is 4.57 Å². The maximum atomic E-state index is 14.2. The number of methoxy groups -OCH3 is 1. The number of carbonyl (C=O) groups excluding carboxylic acids is 2. The van der Waals surface area contributed by atoms with Gasteiger partial charge in [-0.25, -0.2) is 9.79 Å². The van der Waals surface area contributed by atoms with Crippen LogP contribution in [0.25, 0.3) is 16.8 Å². The van der Waals surface area contributed by atoms with Crippen LogP contribution in [0.15, 0.2) is 69.6 Å². The summed E-state index contributed by atoms with van der Waals surface area (Å²) in [5, 5.41) is 1.77. The van der Waals surface area contributed by atoms with Crippen molar-refractivity contribution in [3.63, 3.8) is 0 Å². The van der Waals surface area contributed by atoms with Gasteiger partial charge in [-0.2, -0.15) is 0 Å². The molecule has 41 heavy (non-hydrogen) atoms. The molecule has 0 fully saturated rings. The summed E-state index contributed by atoms with van der Waals surface area (Å²) < 4.78 is 20.3. The molecule has 2 heterocycles. The van der Waals surface area contributed by atoms with Crippen molar-refractivity contribution in [3.05, 3.63) is 97.8 Å². The van der Waals surface area contributed by atoms with Gasteiger partial charge in [0.2, 0.25) is 0 Å². The molecule has 0 spiro atoms. The van der Waals surface area contributed by atoms with E-state index in [1.165, 1.54) is 22.8 Å². The quantitative estimate of drug-likeness (QED) is 0.153. The van der Waals surface area contributed by atoms with Crippen LogP contribution in [-0.4, -0.2) is 30.2 Å². The predicted molar refractivity (Wildman–Crippen MR) is 174 cm³/mol. The van der Waals surface area contributed by atoms with Crippen LogP contribution in [0.5, 0.6) is 11.5 Å². The van der Waals surface area contributed by atoms with Crippen molar-refractivity contribution in [1.29, 1.82) is 0 Å². The van der Waals surface area contributed by atoms with Crippen LogP contribution in [0.4, 0.5) is 0 Å². The standard InChI is InChI=1S/C30H24I2N2O6S/c1-5-39-29(37)24-15(2)33-30-34(26(24)25-20-9-7-6-8-17(20)10-11-22(25)38-4)28(36)23(41-30)13-18-12-19(31)14-21(32)27(18)40-16(3)35/h6-14,26H,5H2,1-4H3/b23-13-/t26-/m1/s1. The molecule has 11 heteroatoms. The molecule has 5 rings (SSSR count). The second-order valence-electron chi connectivity index (χ2n) is 9.10. The minimum Gasteiger partial charge on any atom is -0.496 e. The van der Waals surface area contributed by atoms with Crippen LogP contribution in [0.1, 0.15) is 37.9 Å². The van der Waals surface area contributed by atoms with Gasteiger partial charge < -0.3 is 14.2 Å². The van der Waals surface area contributed by atoms with Gasteiger partial charge in [0.25, 0.3) is 5.56 Å². The zero-order valence-electron chi connectivity index (χ0n) is 22.5. The minimum atomic E-state index is -0.850. The SMILES string of the molecule is CCOC(=O)C1=C(C)N=c2s/c(=C\c3cc(I)cc(I)c3OC(C)=O)c(=O)n2[C@H]1c1c(OC)ccc2ccccc12. The molecule has 0 N–H and O–H groups in total. The minimum absolute atomic E-state index is 0.170. The monoisotopic (exact) mass is 794 g/mol. The van der Waals surface area contributed by atoms with Crippen LogP contribution in [0.3, 0.4) is 0 Å². The summed E-state index contributed by atoms with van der Waals surface area (Å²) in [5.74, 6) is -0.102. The molecule has 0 aliphatic carbocycles. The first-order valence-corrected chi connectivity index (χ1v) is 15.5. The van der Waals surface area contributed by atoms with E-state index in [2.05, 4.69) is 50.2 Å². The van der Waals surface area contributed by atoms with Crippen LogP contribution >= 0.6 is 56.5 Å². The van der Waals surface area contributed by atoms with E-state index in [4.69, 9.17) is 14.2 Å². The van der Waals surface area contributed by atoms with Gasteiger partial charge in [-0.1, -0.05) is 41.7 Å². The molecule has 1 atom stereocenters. The van der Waals surface area contributed by atoms with E-state index >= 15 is 0 Å². The molecule has 3 aromatic carbocycles. The molecule has 0 unspecified atom stereocenters. The third-order valence-electron chi connectivity index (χ3n) is 6.51. The molecule has 1 aromatic heterocycles. The zero-order chi connectivity index (χ0) is 29.4. The number of carbonyl (C=O) groups is 2. The fraction of sp³-hybridized carbons (Fsp3) is 0.200. The summed E-state index contributed by atoms with van der Waals surface area (Å²) in [5.41, 5.74) is 1.64. The number of aromatic nitrogens is 1. The van der Waals surface area contributed by atoms with Crippen molar-refractivity contribution in [2.75, 3.05) is 13.7 Å². The first-order valence-electron chi connectivity index (χ1n) is 12.6. The molecule has 4 aromatic rings. The lowest BCUT2D eigenvalue weighted by Crippen LogP contribution is -2.40. The van der Waals surface area contributed by atoms with E-state index in [0.29, 0.717) is 37.7 Å². The maximum absolute atomic E-state index is 14.2. The number of hydrogen-bond acceptors (Lipinski definition) is 8. The molecule has 0 saturated carbocycles. The second-order valence-corrected chi connectivity index (χ2v) is 12.5. The second kappa shape index (κ2) is 12.1. The molecule has 0 saturated heterocycles. The lowest BCUT2D eigenvalue weighted by molar-refractivity contribution is -0.139. The normalized spacial score (nSPS) is 15.0. The van der Waals surface area contributed by atoms with Crippen LogP contribution < -0.4 is 24.4 Å². The van der Waals surface area contributed by atoms with Crippen molar-refractivity contribution in [3.8, 4) is 11.5 Å². The Labute approximate surface area is 266 Å². The number of nitrogens with zero attached hydrogens (tertiary/aromatic N) is 2. The molecule has 0 amide bonds. The number of rotatable bonds is 6. The topological polar surface area (TPSA) is 96.2 Å². The Hall–Kier alpha value is -3.04. The highest BCUT2D eigenvalue weighted by Gasteiger charge is 2.36. The van der Waals surface area contributed by atoms with Gasteiger partial charge in [0, 0.05) is 21.6 Å². The fourth-order valence-electron chi connectivity index (χ4n) is 4.88. The van der Waals surface area contributed by atoms with Gasteiger partial charge in [-0.3, -0.25) is 14.2 Å². The van der Waals surface area contributed by atoms with Gasteiger partial charge >= 0.3 is 11.9 Å². The molecule has 1 aliphatic heterocycles. The van der Waals surface area contributed by atoms with Crippen LogP contribution in [0, 0.1) is 7.14 Å². The molecule has 8 nitrogen and oxygen atoms in total. The Morgan fingerprint density at radius 3 is 2.61 bits per heavy atom. The van der Waals surface area contributed by atoms with E-state index in [1.807, 2.05) is 48.5 Å². The number of allylic oxidation sites excluding steroid dienone is 1. The molecule has 0 bridgehead atoms. The van der Waals surface area contributed by atoms with E-state index in [9.17, 15) is 14.4 Å². The Bertz CT molecular complexity index is 1940. The van der Waals surface area contributed by atoms with E-state index in [1.54, 1.807) is 27.0 Å². The third kappa shape index (κ3) is 5.58. The lowest BCUT2D eigenvalue weighted by Gasteiger charge is -2.27. The molecule has 210 valence electrons. The van der Waals surface area contributed by atoms with Crippen molar-refractivity contribution in [2.24, 2.45) is 4.99 Å². The highest BCUT2D eigenvalue weighted by Crippen LogP contribution is 2.40.